The Morgan fingerprint density at radius 3 is 2.50 bits per heavy atom. The number of alkyl halides is 3. The molecule has 0 unspecified atom stereocenters. The minimum Gasteiger partial charge on any atom is -0.386 e. The van der Waals surface area contributed by atoms with Crippen molar-refractivity contribution in [3.05, 3.63) is 35.8 Å². The molecule has 22 heavy (non-hydrogen) atoms. The molecule has 8 heteroatoms. The van der Waals surface area contributed by atoms with Crippen molar-refractivity contribution in [2.75, 3.05) is 18.0 Å². The van der Waals surface area contributed by atoms with Crippen molar-refractivity contribution >= 4 is 11.5 Å². The molecule has 1 aromatic heterocycles. The summed E-state index contributed by atoms with van der Waals surface area (Å²) < 4.78 is 39.0. The second-order valence-corrected chi connectivity index (χ2v) is 5.23. The molecular weight excluding hydrogens is 295 g/mol. The lowest BCUT2D eigenvalue weighted by Crippen LogP contribution is -2.37. The van der Waals surface area contributed by atoms with Crippen LogP contribution >= 0.6 is 0 Å². The lowest BCUT2D eigenvalue weighted by molar-refractivity contribution is -0.137. The van der Waals surface area contributed by atoms with Crippen molar-refractivity contribution in [1.29, 1.82) is 5.41 Å². The Morgan fingerprint density at radius 1 is 1.32 bits per heavy atom. The smallest absolute Gasteiger partial charge is 0.386 e. The normalized spacial score (nSPS) is 16.4. The molecule has 1 fully saturated rings. The third kappa shape index (κ3) is 3.69. The van der Waals surface area contributed by atoms with Crippen LogP contribution in [0.1, 0.15) is 18.4 Å². The number of pyridine rings is 1. The van der Waals surface area contributed by atoms with Gasteiger partial charge >= 0.3 is 6.18 Å². The average molecular weight is 313 g/mol. The van der Waals surface area contributed by atoms with Crippen molar-refractivity contribution in [2.45, 2.75) is 19.0 Å². The molecule has 0 amide bonds. The van der Waals surface area contributed by atoms with E-state index in [-0.39, 0.29) is 17.6 Å². The molecule has 0 bridgehead atoms. The van der Waals surface area contributed by atoms with E-state index >= 15 is 0 Å². The van der Waals surface area contributed by atoms with Gasteiger partial charge in [0, 0.05) is 30.9 Å². The second-order valence-electron chi connectivity index (χ2n) is 5.23. The summed E-state index contributed by atoms with van der Waals surface area (Å²) in [6.45, 7) is 0.816. The molecule has 1 aromatic rings. The van der Waals surface area contributed by atoms with Gasteiger partial charge in [0.2, 0.25) is 0 Å². The SMILES string of the molecule is N=C(C=C(N)N)C1CCN(c2ncccc2C(F)(F)F)CC1. The van der Waals surface area contributed by atoms with Gasteiger partial charge in [0.1, 0.15) is 5.82 Å². The fraction of sp³-hybridized carbons (Fsp3) is 0.429. The minimum atomic E-state index is -4.43. The Morgan fingerprint density at radius 2 is 1.95 bits per heavy atom. The van der Waals surface area contributed by atoms with Crippen LogP contribution in [0, 0.1) is 11.3 Å². The Bertz CT molecular complexity index is 570. The monoisotopic (exact) mass is 313 g/mol. The third-order valence-corrected chi connectivity index (χ3v) is 3.65. The summed E-state index contributed by atoms with van der Waals surface area (Å²) in [6.07, 6.45) is -0.546. The Balaban J connectivity index is 2.10. The maximum Gasteiger partial charge on any atom is 0.419 e. The highest BCUT2D eigenvalue weighted by Gasteiger charge is 2.36. The molecule has 1 aliphatic heterocycles. The molecule has 120 valence electrons. The second kappa shape index (κ2) is 6.25. The van der Waals surface area contributed by atoms with E-state index in [0.717, 1.165) is 6.07 Å². The summed E-state index contributed by atoms with van der Waals surface area (Å²) in [6, 6.07) is 2.32. The summed E-state index contributed by atoms with van der Waals surface area (Å²) in [4.78, 5) is 5.50. The van der Waals surface area contributed by atoms with Gasteiger partial charge in [0.25, 0.3) is 0 Å². The van der Waals surface area contributed by atoms with Crippen LogP contribution in [0.3, 0.4) is 0 Å². The predicted octanol–water partition coefficient (Wildman–Crippen LogP) is 2.10. The summed E-state index contributed by atoms with van der Waals surface area (Å²) >= 11 is 0. The predicted molar refractivity (Wildman–Crippen MR) is 78.4 cm³/mol. The van der Waals surface area contributed by atoms with E-state index in [1.165, 1.54) is 18.3 Å². The number of nitrogens with zero attached hydrogens (tertiary/aromatic N) is 2. The van der Waals surface area contributed by atoms with Crippen LogP contribution in [0.25, 0.3) is 0 Å². The molecule has 0 spiro atoms. The van der Waals surface area contributed by atoms with E-state index in [9.17, 15) is 13.2 Å². The van der Waals surface area contributed by atoms with Crippen LogP contribution in [0.15, 0.2) is 30.2 Å². The molecule has 0 aliphatic carbocycles. The summed E-state index contributed by atoms with van der Waals surface area (Å²) in [5, 5.41) is 7.87. The van der Waals surface area contributed by atoms with Gasteiger partial charge in [-0.25, -0.2) is 4.98 Å². The standard InChI is InChI=1S/C14H18F3N5/c15-14(16,17)10-2-1-5-21-13(10)22-6-3-9(4-7-22)11(18)8-12(19)20/h1-2,5,8-9,18H,3-4,6-7,19-20H2. The number of allylic oxidation sites excluding steroid dienone is 1. The molecule has 1 aliphatic rings. The number of aromatic nitrogens is 1. The number of nitrogens with two attached hydrogens (primary N) is 2. The van der Waals surface area contributed by atoms with Crippen LogP contribution in [0.5, 0.6) is 0 Å². The van der Waals surface area contributed by atoms with Crippen molar-refractivity contribution in [3.63, 3.8) is 0 Å². The minimum absolute atomic E-state index is 0.0450. The highest BCUT2D eigenvalue weighted by Crippen LogP contribution is 2.36. The van der Waals surface area contributed by atoms with Gasteiger partial charge in [0.15, 0.2) is 0 Å². The number of halogens is 3. The van der Waals surface area contributed by atoms with Crippen LogP contribution in [-0.4, -0.2) is 23.8 Å². The number of piperidine rings is 1. The van der Waals surface area contributed by atoms with Crippen LogP contribution < -0.4 is 16.4 Å². The average Bonchev–Trinajstić information content (AvgIpc) is 2.46. The molecule has 5 nitrogen and oxygen atoms in total. The van der Waals surface area contributed by atoms with Gasteiger partial charge in [-0.2, -0.15) is 13.2 Å². The molecule has 0 aromatic carbocycles. The number of rotatable bonds is 3. The molecule has 1 saturated heterocycles. The van der Waals surface area contributed by atoms with E-state index in [4.69, 9.17) is 16.9 Å². The topological polar surface area (TPSA) is 92.0 Å². The first-order valence-electron chi connectivity index (χ1n) is 6.87. The first kappa shape index (κ1) is 16.1. The van der Waals surface area contributed by atoms with Crippen LogP contribution in [0.4, 0.5) is 19.0 Å². The number of hydrogen-bond acceptors (Lipinski definition) is 5. The molecule has 0 radical (unpaired) electrons. The molecule has 0 saturated carbocycles. The van der Waals surface area contributed by atoms with Crippen molar-refractivity contribution in [2.24, 2.45) is 17.4 Å². The molecule has 2 heterocycles. The molecule has 0 atom stereocenters. The maximum absolute atomic E-state index is 13.0. The van der Waals surface area contributed by atoms with E-state index < -0.39 is 11.7 Å². The maximum atomic E-state index is 13.0. The zero-order chi connectivity index (χ0) is 16.3. The fourth-order valence-electron chi connectivity index (χ4n) is 2.57. The third-order valence-electron chi connectivity index (χ3n) is 3.65. The lowest BCUT2D eigenvalue weighted by atomic mass is 9.91. The summed E-state index contributed by atoms with van der Waals surface area (Å²) in [5.74, 6) is -0.0261. The van der Waals surface area contributed by atoms with Gasteiger partial charge in [0.05, 0.1) is 11.4 Å². The van der Waals surface area contributed by atoms with Crippen molar-refractivity contribution < 1.29 is 13.2 Å². The van der Waals surface area contributed by atoms with Crippen molar-refractivity contribution in [1.82, 2.24) is 4.98 Å². The first-order valence-corrected chi connectivity index (χ1v) is 6.87. The highest BCUT2D eigenvalue weighted by atomic mass is 19.4. The number of nitrogens with one attached hydrogen (secondary N) is 1. The number of hydrogen-bond donors (Lipinski definition) is 3. The van der Waals surface area contributed by atoms with E-state index in [0.29, 0.717) is 31.6 Å². The highest BCUT2D eigenvalue weighted by molar-refractivity contribution is 5.94. The van der Waals surface area contributed by atoms with Crippen LogP contribution in [-0.2, 0) is 6.18 Å². The fourth-order valence-corrected chi connectivity index (χ4v) is 2.57. The quantitative estimate of drug-likeness (QED) is 0.745. The Kier molecular flexibility index (Phi) is 4.58. The first-order chi connectivity index (χ1) is 10.3. The Hall–Kier alpha value is -2.25. The van der Waals surface area contributed by atoms with E-state index in [1.807, 2.05) is 0 Å². The zero-order valence-electron chi connectivity index (χ0n) is 11.9. The summed E-state index contributed by atoms with van der Waals surface area (Å²) in [7, 11) is 0. The van der Waals surface area contributed by atoms with Gasteiger partial charge in [-0.1, -0.05) is 0 Å². The van der Waals surface area contributed by atoms with Gasteiger partial charge in [-0.15, -0.1) is 0 Å². The van der Waals surface area contributed by atoms with Crippen molar-refractivity contribution in [3.8, 4) is 0 Å². The van der Waals surface area contributed by atoms with Gasteiger partial charge in [-0.05, 0) is 31.1 Å². The Labute approximate surface area is 126 Å². The van der Waals surface area contributed by atoms with E-state index in [2.05, 4.69) is 4.98 Å². The van der Waals surface area contributed by atoms with E-state index in [1.54, 1.807) is 4.90 Å². The zero-order valence-corrected chi connectivity index (χ0v) is 11.9. The number of anilines is 1. The lowest BCUT2D eigenvalue weighted by Gasteiger charge is -2.33. The molecular formula is C14H18F3N5. The summed E-state index contributed by atoms with van der Waals surface area (Å²) in [5.41, 5.74) is 10.3. The molecule has 2 rings (SSSR count). The van der Waals surface area contributed by atoms with Gasteiger partial charge in [-0.3, -0.25) is 0 Å². The largest absolute Gasteiger partial charge is 0.419 e. The van der Waals surface area contributed by atoms with Gasteiger partial charge < -0.3 is 21.8 Å². The molecule has 5 N–H and O–H groups in total. The van der Waals surface area contributed by atoms with Crippen LogP contribution in [0.2, 0.25) is 0 Å².